The molecule has 1 aliphatic carbocycles. The Labute approximate surface area is 114 Å². The Bertz CT molecular complexity index is 379. The molecule has 0 saturated heterocycles. The van der Waals surface area contributed by atoms with Crippen LogP contribution in [0.25, 0.3) is 0 Å². The van der Waals surface area contributed by atoms with Gasteiger partial charge in [0.2, 0.25) is 0 Å². The molecule has 18 heavy (non-hydrogen) atoms. The SMILES string of the molecule is CCCNCC1(c2c(F)cccc2Cl)CCCC1. The summed E-state index contributed by atoms with van der Waals surface area (Å²) in [7, 11) is 0. The van der Waals surface area contributed by atoms with Gasteiger partial charge in [0, 0.05) is 22.5 Å². The standard InChI is InChI=1S/C15H21ClFN/c1-2-10-18-11-15(8-3-4-9-15)14-12(16)6-5-7-13(14)17/h5-7,18H,2-4,8-11H2,1H3. The lowest BCUT2D eigenvalue weighted by molar-refractivity contribution is 0.388. The maximum Gasteiger partial charge on any atom is 0.128 e. The van der Waals surface area contributed by atoms with Crippen molar-refractivity contribution in [3.05, 3.63) is 34.6 Å². The van der Waals surface area contributed by atoms with Crippen molar-refractivity contribution in [1.29, 1.82) is 0 Å². The maximum atomic E-state index is 14.1. The first-order valence-electron chi connectivity index (χ1n) is 6.85. The predicted molar refractivity (Wildman–Crippen MR) is 74.7 cm³/mol. The van der Waals surface area contributed by atoms with Crippen LogP contribution < -0.4 is 5.32 Å². The summed E-state index contributed by atoms with van der Waals surface area (Å²) in [6.07, 6.45) is 5.49. The quantitative estimate of drug-likeness (QED) is 0.787. The predicted octanol–water partition coefficient (Wildman–Crippen LogP) is 4.29. The van der Waals surface area contributed by atoms with Gasteiger partial charge in [0.1, 0.15) is 5.82 Å². The summed E-state index contributed by atoms with van der Waals surface area (Å²) in [5.41, 5.74) is 0.630. The van der Waals surface area contributed by atoms with Gasteiger partial charge in [0.25, 0.3) is 0 Å². The smallest absolute Gasteiger partial charge is 0.128 e. The van der Waals surface area contributed by atoms with E-state index in [2.05, 4.69) is 12.2 Å². The van der Waals surface area contributed by atoms with Crippen molar-refractivity contribution >= 4 is 11.6 Å². The van der Waals surface area contributed by atoms with Crippen molar-refractivity contribution in [1.82, 2.24) is 5.32 Å². The Hall–Kier alpha value is -0.600. The van der Waals surface area contributed by atoms with Gasteiger partial charge in [-0.3, -0.25) is 0 Å². The van der Waals surface area contributed by atoms with E-state index >= 15 is 0 Å². The van der Waals surface area contributed by atoms with E-state index in [1.54, 1.807) is 12.1 Å². The lowest BCUT2D eigenvalue weighted by atomic mass is 9.78. The lowest BCUT2D eigenvalue weighted by Crippen LogP contribution is -2.37. The zero-order chi connectivity index (χ0) is 13.0. The van der Waals surface area contributed by atoms with Crippen LogP contribution in [0.4, 0.5) is 4.39 Å². The molecular weight excluding hydrogens is 249 g/mol. The van der Waals surface area contributed by atoms with Crippen molar-refractivity contribution in [3.63, 3.8) is 0 Å². The Morgan fingerprint density at radius 2 is 2.06 bits per heavy atom. The molecule has 0 amide bonds. The summed E-state index contributed by atoms with van der Waals surface area (Å²) < 4.78 is 14.1. The van der Waals surface area contributed by atoms with Gasteiger partial charge in [0.15, 0.2) is 0 Å². The summed E-state index contributed by atoms with van der Waals surface area (Å²) in [6.45, 7) is 3.96. The largest absolute Gasteiger partial charge is 0.316 e. The molecule has 3 heteroatoms. The minimum Gasteiger partial charge on any atom is -0.316 e. The van der Waals surface area contributed by atoms with Gasteiger partial charge in [-0.25, -0.2) is 4.39 Å². The Kier molecular flexibility index (Phi) is 4.63. The van der Waals surface area contributed by atoms with Gasteiger partial charge in [-0.2, -0.15) is 0 Å². The summed E-state index contributed by atoms with van der Waals surface area (Å²) >= 11 is 6.24. The Morgan fingerprint density at radius 1 is 1.33 bits per heavy atom. The molecule has 0 spiro atoms. The molecule has 1 N–H and O–H groups in total. The normalized spacial score (nSPS) is 18.2. The van der Waals surface area contributed by atoms with E-state index in [0.29, 0.717) is 5.02 Å². The lowest BCUT2D eigenvalue weighted by Gasteiger charge is -2.31. The first kappa shape index (κ1) is 13.8. The summed E-state index contributed by atoms with van der Waals surface area (Å²) in [5, 5.41) is 4.02. The third-order valence-electron chi connectivity index (χ3n) is 3.94. The fraction of sp³-hybridized carbons (Fsp3) is 0.600. The van der Waals surface area contributed by atoms with Gasteiger partial charge in [-0.05, 0) is 37.9 Å². The van der Waals surface area contributed by atoms with Crippen molar-refractivity contribution in [3.8, 4) is 0 Å². The number of hydrogen-bond donors (Lipinski definition) is 1. The van der Waals surface area contributed by atoms with Gasteiger partial charge in [0.05, 0.1) is 0 Å². The molecule has 0 aromatic heterocycles. The molecule has 1 aromatic carbocycles. The van der Waals surface area contributed by atoms with E-state index in [0.717, 1.165) is 37.9 Å². The average molecular weight is 270 g/mol. The second-order valence-electron chi connectivity index (χ2n) is 5.26. The molecule has 0 aliphatic heterocycles. The molecule has 0 radical (unpaired) electrons. The number of rotatable bonds is 5. The number of benzene rings is 1. The van der Waals surface area contributed by atoms with Gasteiger partial charge < -0.3 is 5.32 Å². The van der Waals surface area contributed by atoms with Crippen LogP contribution in [0.3, 0.4) is 0 Å². The molecule has 0 heterocycles. The average Bonchev–Trinajstić information content (AvgIpc) is 2.79. The zero-order valence-corrected chi connectivity index (χ0v) is 11.7. The molecule has 0 atom stereocenters. The highest BCUT2D eigenvalue weighted by Gasteiger charge is 2.38. The molecule has 0 unspecified atom stereocenters. The topological polar surface area (TPSA) is 12.0 Å². The van der Waals surface area contributed by atoms with E-state index in [4.69, 9.17) is 11.6 Å². The van der Waals surface area contributed by atoms with E-state index in [1.165, 1.54) is 18.9 Å². The van der Waals surface area contributed by atoms with Crippen molar-refractivity contribution in [2.24, 2.45) is 0 Å². The molecule has 1 saturated carbocycles. The summed E-state index contributed by atoms with van der Waals surface area (Å²) in [5.74, 6) is -0.150. The van der Waals surface area contributed by atoms with Crippen LogP contribution in [-0.4, -0.2) is 13.1 Å². The van der Waals surface area contributed by atoms with Crippen molar-refractivity contribution in [2.45, 2.75) is 44.4 Å². The molecule has 100 valence electrons. The number of hydrogen-bond acceptors (Lipinski definition) is 1. The molecular formula is C15H21ClFN. The number of nitrogens with one attached hydrogen (secondary N) is 1. The van der Waals surface area contributed by atoms with E-state index in [-0.39, 0.29) is 11.2 Å². The van der Waals surface area contributed by atoms with Crippen molar-refractivity contribution in [2.75, 3.05) is 13.1 Å². The first-order chi connectivity index (χ1) is 8.69. The molecule has 1 aromatic rings. The highest BCUT2D eigenvalue weighted by molar-refractivity contribution is 6.31. The molecule has 1 nitrogen and oxygen atoms in total. The number of halogens is 2. The minimum absolute atomic E-state index is 0.0996. The minimum atomic E-state index is -0.150. The van der Waals surface area contributed by atoms with Crippen LogP contribution in [0, 0.1) is 5.82 Å². The summed E-state index contributed by atoms with van der Waals surface area (Å²) in [6, 6.07) is 5.02. The second kappa shape index (κ2) is 6.03. The highest BCUT2D eigenvalue weighted by Crippen LogP contribution is 2.44. The fourth-order valence-corrected chi connectivity index (χ4v) is 3.44. The zero-order valence-electron chi connectivity index (χ0n) is 10.9. The van der Waals surface area contributed by atoms with E-state index < -0.39 is 0 Å². The van der Waals surface area contributed by atoms with Crippen LogP contribution in [-0.2, 0) is 5.41 Å². The third kappa shape index (κ3) is 2.70. The fourth-order valence-electron chi connectivity index (χ4n) is 3.08. The van der Waals surface area contributed by atoms with Crippen molar-refractivity contribution < 1.29 is 4.39 Å². The van der Waals surface area contributed by atoms with E-state index in [1.807, 2.05) is 0 Å². The van der Waals surface area contributed by atoms with Crippen LogP contribution in [0.1, 0.15) is 44.6 Å². The van der Waals surface area contributed by atoms with Crippen LogP contribution in [0.5, 0.6) is 0 Å². The second-order valence-corrected chi connectivity index (χ2v) is 5.67. The Balaban J connectivity index is 2.29. The van der Waals surface area contributed by atoms with Crippen LogP contribution in [0.2, 0.25) is 5.02 Å². The highest BCUT2D eigenvalue weighted by atomic mass is 35.5. The van der Waals surface area contributed by atoms with Crippen LogP contribution >= 0.6 is 11.6 Å². The monoisotopic (exact) mass is 269 g/mol. The Morgan fingerprint density at radius 3 is 2.67 bits per heavy atom. The molecule has 1 aliphatic rings. The molecule has 0 bridgehead atoms. The third-order valence-corrected chi connectivity index (χ3v) is 4.26. The van der Waals surface area contributed by atoms with Crippen LogP contribution in [0.15, 0.2) is 18.2 Å². The summed E-state index contributed by atoms with van der Waals surface area (Å²) in [4.78, 5) is 0. The first-order valence-corrected chi connectivity index (χ1v) is 7.22. The van der Waals surface area contributed by atoms with Gasteiger partial charge in [-0.15, -0.1) is 0 Å². The van der Waals surface area contributed by atoms with Gasteiger partial charge in [-0.1, -0.05) is 37.4 Å². The maximum absolute atomic E-state index is 14.1. The van der Waals surface area contributed by atoms with E-state index in [9.17, 15) is 4.39 Å². The van der Waals surface area contributed by atoms with Gasteiger partial charge >= 0.3 is 0 Å². The molecule has 2 rings (SSSR count). The molecule has 1 fully saturated rings.